The second-order valence-electron chi connectivity index (χ2n) is 5.29. The Balaban J connectivity index is 2.44. The van der Waals surface area contributed by atoms with Crippen LogP contribution >= 0.6 is 0 Å². The average Bonchev–Trinajstić information content (AvgIpc) is 2.41. The van der Waals surface area contributed by atoms with Crippen LogP contribution < -0.4 is 10.5 Å². The van der Waals surface area contributed by atoms with Gasteiger partial charge in [0, 0.05) is 12.6 Å². The summed E-state index contributed by atoms with van der Waals surface area (Å²) in [7, 11) is 3.09. The summed E-state index contributed by atoms with van der Waals surface area (Å²) >= 11 is 0. The number of nitrogens with two attached hydrogens (primary N) is 1. The topological polar surface area (TPSA) is 44.5 Å². The van der Waals surface area contributed by atoms with Gasteiger partial charge in [0.2, 0.25) is 0 Å². The lowest BCUT2D eigenvalue weighted by Gasteiger charge is -2.35. The van der Waals surface area contributed by atoms with Gasteiger partial charge in [0.1, 0.15) is 0 Å². The number of methoxy groups -OCH3 is 2. The van der Waals surface area contributed by atoms with Crippen molar-refractivity contribution < 1.29 is 13.9 Å². The maximum absolute atomic E-state index is 14.0. The highest BCUT2D eigenvalue weighted by atomic mass is 19.1. The van der Waals surface area contributed by atoms with Gasteiger partial charge < -0.3 is 15.2 Å². The summed E-state index contributed by atoms with van der Waals surface area (Å²) in [6.07, 6.45) is 5.19. The molecule has 1 fully saturated rings. The Morgan fingerprint density at radius 3 is 2.47 bits per heavy atom. The molecule has 1 aromatic carbocycles. The third-order valence-electron chi connectivity index (χ3n) is 3.96. The van der Waals surface area contributed by atoms with E-state index in [4.69, 9.17) is 15.2 Å². The largest absolute Gasteiger partial charge is 0.494 e. The van der Waals surface area contributed by atoms with Gasteiger partial charge in [-0.05, 0) is 36.1 Å². The lowest BCUT2D eigenvalue weighted by Crippen LogP contribution is -2.39. The number of rotatable bonds is 4. The Kier molecular flexibility index (Phi) is 4.42. The van der Waals surface area contributed by atoms with Gasteiger partial charge in [-0.15, -0.1) is 0 Å². The van der Waals surface area contributed by atoms with Gasteiger partial charge in [0.15, 0.2) is 11.6 Å². The van der Waals surface area contributed by atoms with Crippen LogP contribution in [-0.4, -0.2) is 14.2 Å². The van der Waals surface area contributed by atoms with Gasteiger partial charge in [-0.1, -0.05) is 19.3 Å². The Morgan fingerprint density at radius 2 is 1.89 bits per heavy atom. The number of halogens is 1. The fourth-order valence-corrected chi connectivity index (χ4v) is 2.94. The van der Waals surface area contributed by atoms with Crippen LogP contribution in [0.25, 0.3) is 0 Å². The Hall–Kier alpha value is -1.13. The zero-order valence-corrected chi connectivity index (χ0v) is 11.7. The molecule has 0 heterocycles. The van der Waals surface area contributed by atoms with Crippen LogP contribution in [0.5, 0.6) is 5.75 Å². The smallest absolute Gasteiger partial charge is 0.165 e. The van der Waals surface area contributed by atoms with Crippen molar-refractivity contribution in [2.45, 2.75) is 44.2 Å². The standard InChI is InChI=1S/C15H22FNO2/c1-18-10-11-8-14(19-2)13(16)9-12(11)15(17)6-4-3-5-7-15/h8-9H,3-7,10,17H2,1-2H3. The Labute approximate surface area is 113 Å². The van der Waals surface area contributed by atoms with E-state index >= 15 is 0 Å². The van der Waals surface area contributed by atoms with E-state index in [9.17, 15) is 4.39 Å². The summed E-state index contributed by atoms with van der Waals surface area (Å²) in [5.74, 6) is -0.108. The predicted molar refractivity (Wildman–Crippen MR) is 72.6 cm³/mol. The molecular weight excluding hydrogens is 245 g/mol. The molecule has 1 saturated carbocycles. The highest BCUT2D eigenvalue weighted by molar-refractivity contribution is 5.41. The third kappa shape index (κ3) is 2.90. The molecule has 19 heavy (non-hydrogen) atoms. The van der Waals surface area contributed by atoms with Crippen LogP contribution in [0.2, 0.25) is 0 Å². The SMILES string of the molecule is COCc1cc(OC)c(F)cc1C1(N)CCCCC1. The van der Waals surface area contributed by atoms with Crippen LogP contribution in [0.4, 0.5) is 4.39 Å². The van der Waals surface area contributed by atoms with E-state index in [2.05, 4.69) is 0 Å². The number of ether oxygens (including phenoxy) is 2. The van der Waals surface area contributed by atoms with Crippen molar-refractivity contribution >= 4 is 0 Å². The first-order valence-electron chi connectivity index (χ1n) is 6.75. The minimum absolute atomic E-state index is 0.246. The third-order valence-corrected chi connectivity index (χ3v) is 3.96. The molecule has 1 aliphatic rings. The van der Waals surface area contributed by atoms with E-state index in [1.165, 1.54) is 19.6 Å². The van der Waals surface area contributed by atoms with Crippen molar-refractivity contribution in [3.05, 3.63) is 29.1 Å². The number of hydrogen-bond acceptors (Lipinski definition) is 3. The fraction of sp³-hybridized carbons (Fsp3) is 0.600. The maximum Gasteiger partial charge on any atom is 0.165 e. The second-order valence-corrected chi connectivity index (χ2v) is 5.29. The highest BCUT2D eigenvalue weighted by Gasteiger charge is 2.32. The molecule has 1 aromatic rings. The van der Waals surface area contributed by atoms with Crippen LogP contribution in [0.1, 0.15) is 43.2 Å². The van der Waals surface area contributed by atoms with Crippen LogP contribution in [0.3, 0.4) is 0 Å². The summed E-state index contributed by atoms with van der Waals surface area (Å²) in [4.78, 5) is 0. The van der Waals surface area contributed by atoms with E-state index in [1.54, 1.807) is 13.2 Å². The van der Waals surface area contributed by atoms with Crippen molar-refractivity contribution in [3.8, 4) is 5.75 Å². The van der Waals surface area contributed by atoms with Crippen LogP contribution in [0.15, 0.2) is 12.1 Å². The minimum Gasteiger partial charge on any atom is -0.494 e. The van der Waals surface area contributed by atoms with Crippen LogP contribution in [0, 0.1) is 5.82 Å². The summed E-state index contributed by atoms with van der Waals surface area (Å²) in [6.45, 7) is 0.422. The van der Waals surface area contributed by atoms with E-state index in [1.807, 2.05) is 0 Å². The first kappa shape index (κ1) is 14.3. The molecule has 2 rings (SSSR count). The fourth-order valence-electron chi connectivity index (χ4n) is 2.94. The molecule has 0 unspecified atom stereocenters. The van der Waals surface area contributed by atoms with Gasteiger partial charge in [0.25, 0.3) is 0 Å². The summed E-state index contributed by atoms with van der Waals surface area (Å²) < 4.78 is 24.2. The normalized spacial score (nSPS) is 18.3. The van der Waals surface area contributed by atoms with E-state index in [0.29, 0.717) is 6.61 Å². The molecule has 3 nitrogen and oxygen atoms in total. The minimum atomic E-state index is -0.431. The van der Waals surface area contributed by atoms with Crippen molar-refractivity contribution in [1.29, 1.82) is 0 Å². The number of benzene rings is 1. The first-order valence-corrected chi connectivity index (χ1v) is 6.75. The quantitative estimate of drug-likeness (QED) is 0.911. The summed E-state index contributed by atoms with van der Waals surface area (Å²) in [5, 5.41) is 0. The molecule has 0 aromatic heterocycles. The Morgan fingerprint density at radius 1 is 1.21 bits per heavy atom. The monoisotopic (exact) mass is 267 g/mol. The van der Waals surface area contributed by atoms with Crippen LogP contribution in [-0.2, 0) is 16.9 Å². The molecular formula is C15H22FNO2. The molecule has 0 radical (unpaired) electrons. The van der Waals surface area contributed by atoms with Crippen molar-refractivity contribution in [1.82, 2.24) is 0 Å². The molecule has 0 saturated heterocycles. The van der Waals surface area contributed by atoms with Gasteiger partial charge >= 0.3 is 0 Å². The molecule has 106 valence electrons. The van der Waals surface area contributed by atoms with Crippen molar-refractivity contribution in [2.24, 2.45) is 5.73 Å². The van der Waals surface area contributed by atoms with Gasteiger partial charge in [-0.3, -0.25) is 0 Å². The molecule has 1 aliphatic carbocycles. The zero-order valence-electron chi connectivity index (χ0n) is 11.7. The predicted octanol–water partition coefficient (Wildman–Crippen LogP) is 3.10. The van der Waals surface area contributed by atoms with Gasteiger partial charge in [-0.2, -0.15) is 0 Å². The lowest BCUT2D eigenvalue weighted by molar-refractivity contribution is 0.180. The van der Waals surface area contributed by atoms with Crippen molar-refractivity contribution in [3.63, 3.8) is 0 Å². The van der Waals surface area contributed by atoms with E-state index in [-0.39, 0.29) is 11.6 Å². The second kappa shape index (κ2) is 5.88. The number of hydrogen-bond donors (Lipinski definition) is 1. The molecule has 0 bridgehead atoms. The molecule has 0 aliphatic heterocycles. The highest BCUT2D eigenvalue weighted by Crippen LogP contribution is 2.38. The molecule has 2 N–H and O–H groups in total. The van der Waals surface area contributed by atoms with E-state index in [0.717, 1.165) is 36.8 Å². The van der Waals surface area contributed by atoms with Gasteiger partial charge in [0.05, 0.1) is 13.7 Å². The van der Waals surface area contributed by atoms with Gasteiger partial charge in [-0.25, -0.2) is 4.39 Å². The molecule has 0 atom stereocenters. The summed E-state index contributed by atoms with van der Waals surface area (Å²) in [5.41, 5.74) is 7.87. The van der Waals surface area contributed by atoms with Crippen molar-refractivity contribution in [2.75, 3.05) is 14.2 Å². The average molecular weight is 267 g/mol. The summed E-state index contributed by atoms with van der Waals surface area (Å²) in [6, 6.07) is 3.23. The Bertz CT molecular complexity index is 442. The lowest BCUT2D eigenvalue weighted by atomic mass is 9.76. The molecule has 0 spiro atoms. The molecule has 0 amide bonds. The molecule has 4 heteroatoms. The zero-order chi connectivity index (χ0) is 13.9. The first-order chi connectivity index (χ1) is 9.10. The maximum atomic E-state index is 14.0. The van der Waals surface area contributed by atoms with E-state index < -0.39 is 5.54 Å².